The van der Waals surface area contributed by atoms with Crippen molar-refractivity contribution in [3.63, 3.8) is 0 Å². The van der Waals surface area contributed by atoms with Crippen molar-refractivity contribution in [1.82, 2.24) is 9.97 Å². The molecule has 3 heterocycles. The number of thiazole rings is 1. The summed E-state index contributed by atoms with van der Waals surface area (Å²) in [6.07, 6.45) is 1.62. The van der Waals surface area contributed by atoms with Gasteiger partial charge in [0, 0.05) is 17.4 Å². The number of anilines is 1. The summed E-state index contributed by atoms with van der Waals surface area (Å²) in [4.78, 5) is 38.3. The summed E-state index contributed by atoms with van der Waals surface area (Å²) >= 11 is 1.25. The van der Waals surface area contributed by atoms with Crippen molar-refractivity contribution >= 4 is 28.7 Å². The first-order valence-corrected chi connectivity index (χ1v) is 12.0. The van der Waals surface area contributed by atoms with Gasteiger partial charge in [0.25, 0.3) is 5.91 Å². The number of pyridine rings is 1. The van der Waals surface area contributed by atoms with Gasteiger partial charge >= 0.3 is 0 Å². The zero-order chi connectivity index (χ0) is 24.7. The number of ketones is 1. The van der Waals surface area contributed by atoms with E-state index in [-0.39, 0.29) is 5.57 Å². The summed E-state index contributed by atoms with van der Waals surface area (Å²) in [5.41, 5.74) is 4.41. The van der Waals surface area contributed by atoms with Gasteiger partial charge in [-0.3, -0.25) is 19.5 Å². The highest BCUT2D eigenvalue weighted by Crippen LogP contribution is 2.43. The smallest absolute Gasteiger partial charge is 0.294 e. The van der Waals surface area contributed by atoms with Crippen molar-refractivity contribution < 1.29 is 14.7 Å². The quantitative estimate of drug-likeness (QED) is 0.358. The number of carbonyl (C=O) groups excluding carboxylic acids is 2. The number of aryl methyl sites for hydroxylation is 3. The minimum Gasteiger partial charge on any atom is -0.503 e. The molecule has 35 heavy (non-hydrogen) atoms. The van der Waals surface area contributed by atoms with Gasteiger partial charge in [-0.15, -0.1) is 11.3 Å². The third-order valence-electron chi connectivity index (χ3n) is 6.07. The Labute approximate surface area is 207 Å². The Morgan fingerprint density at radius 3 is 2.46 bits per heavy atom. The largest absolute Gasteiger partial charge is 0.503 e. The molecule has 0 saturated carbocycles. The number of aliphatic hydroxyl groups excluding tert-OH is 1. The standard InChI is InChI=1S/C28H23N3O3S/c1-16-12-13-17(2)21(15-16)31-23(20-11-7-8-14-29-20)22(25(33)28(31)34)24(32)26-18(3)30-27(35-26)19-9-5-4-6-10-19/h4-15,23,33H,1-3H3. The van der Waals surface area contributed by atoms with E-state index in [4.69, 9.17) is 0 Å². The Morgan fingerprint density at radius 1 is 1.00 bits per heavy atom. The van der Waals surface area contributed by atoms with E-state index in [1.54, 1.807) is 31.3 Å². The maximum absolute atomic E-state index is 13.9. The lowest BCUT2D eigenvalue weighted by Gasteiger charge is -2.27. The Hall–Kier alpha value is -4.10. The van der Waals surface area contributed by atoms with Crippen molar-refractivity contribution in [3.05, 3.63) is 112 Å². The van der Waals surface area contributed by atoms with Crippen LogP contribution in [0.25, 0.3) is 10.6 Å². The first kappa shape index (κ1) is 22.7. The third-order valence-corrected chi connectivity index (χ3v) is 7.27. The fourth-order valence-electron chi connectivity index (χ4n) is 4.32. The van der Waals surface area contributed by atoms with Gasteiger partial charge in [-0.1, -0.05) is 48.5 Å². The Bertz CT molecular complexity index is 1480. The van der Waals surface area contributed by atoms with Crippen LogP contribution < -0.4 is 4.90 Å². The van der Waals surface area contributed by atoms with Crippen molar-refractivity contribution in [3.8, 4) is 10.6 Å². The molecule has 174 valence electrons. The number of aromatic nitrogens is 2. The molecular weight excluding hydrogens is 458 g/mol. The maximum atomic E-state index is 13.9. The minimum atomic E-state index is -0.863. The first-order chi connectivity index (χ1) is 16.9. The summed E-state index contributed by atoms with van der Waals surface area (Å²) in [6.45, 7) is 5.60. The third kappa shape index (κ3) is 3.94. The van der Waals surface area contributed by atoms with E-state index in [9.17, 15) is 14.7 Å². The van der Waals surface area contributed by atoms with Gasteiger partial charge in [-0.05, 0) is 50.1 Å². The van der Waals surface area contributed by atoms with Gasteiger partial charge in [0.05, 0.1) is 21.8 Å². The van der Waals surface area contributed by atoms with Gasteiger partial charge in [0.15, 0.2) is 5.76 Å². The van der Waals surface area contributed by atoms with Gasteiger partial charge in [0.1, 0.15) is 11.0 Å². The highest BCUT2D eigenvalue weighted by molar-refractivity contribution is 7.17. The first-order valence-electron chi connectivity index (χ1n) is 11.2. The second kappa shape index (κ2) is 8.92. The average Bonchev–Trinajstić information content (AvgIpc) is 3.39. The molecule has 0 fully saturated rings. The Kier molecular flexibility index (Phi) is 5.78. The number of benzene rings is 2. The maximum Gasteiger partial charge on any atom is 0.294 e. The molecule has 6 nitrogen and oxygen atoms in total. The van der Waals surface area contributed by atoms with E-state index in [1.165, 1.54) is 16.2 Å². The molecule has 1 amide bonds. The molecule has 0 aliphatic carbocycles. The molecule has 0 bridgehead atoms. The van der Waals surface area contributed by atoms with Crippen LogP contribution in [0.2, 0.25) is 0 Å². The van der Waals surface area contributed by atoms with Gasteiger partial charge in [-0.25, -0.2) is 4.98 Å². The summed E-state index contributed by atoms with van der Waals surface area (Å²) in [7, 11) is 0. The van der Waals surface area contributed by atoms with Crippen molar-refractivity contribution in [2.24, 2.45) is 0 Å². The van der Waals surface area contributed by atoms with Crippen molar-refractivity contribution in [2.45, 2.75) is 26.8 Å². The van der Waals surface area contributed by atoms with E-state index in [0.29, 0.717) is 27.0 Å². The molecule has 1 aliphatic heterocycles. The van der Waals surface area contributed by atoms with Crippen LogP contribution in [0, 0.1) is 20.8 Å². The summed E-state index contributed by atoms with van der Waals surface area (Å²) in [6, 6.07) is 19.8. The molecule has 1 N–H and O–H groups in total. The molecule has 0 radical (unpaired) electrons. The Morgan fingerprint density at radius 2 is 1.74 bits per heavy atom. The molecule has 7 heteroatoms. The van der Waals surface area contributed by atoms with Crippen LogP contribution in [0.1, 0.15) is 38.2 Å². The number of nitrogens with zero attached hydrogens (tertiary/aromatic N) is 3. The van der Waals surface area contributed by atoms with Crippen LogP contribution in [0.3, 0.4) is 0 Å². The number of hydrogen-bond acceptors (Lipinski definition) is 6. The number of rotatable bonds is 5. The lowest BCUT2D eigenvalue weighted by molar-refractivity contribution is -0.117. The second-order valence-electron chi connectivity index (χ2n) is 8.51. The molecule has 1 atom stereocenters. The molecule has 5 rings (SSSR count). The van der Waals surface area contributed by atoms with Crippen molar-refractivity contribution in [2.75, 3.05) is 4.90 Å². The number of aliphatic hydroxyl groups is 1. The molecule has 1 unspecified atom stereocenters. The van der Waals surface area contributed by atoms with Crippen LogP contribution in [0.5, 0.6) is 0 Å². The number of amides is 1. The highest BCUT2D eigenvalue weighted by Gasteiger charge is 2.46. The van der Waals surface area contributed by atoms with Crippen LogP contribution in [0.4, 0.5) is 5.69 Å². The van der Waals surface area contributed by atoms with Crippen LogP contribution >= 0.6 is 11.3 Å². The molecule has 0 saturated heterocycles. The molecule has 0 spiro atoms. The predicted molar refractivity (Wildman–Crippen MR) is 137 cm³/mol. The predicted octanol–water partition coefficient (Wildman–Crippen LogP) is 5.91. The molecular formula is C28H23N3O3S. The van der Waals surface area contributed by atoms with E-state index >= 15 is 0 Å². The minimum absolute atomic E-state index is 0.0148. The SMILES string of the molecule is Cc1ccc(C)c(N2C(=O)C(O)=C(C(=O)c3sc(-c4ccccc4)nc3C)C2c2ccccn2)c1. The molecule has 2 aromatic carbocycles. The normalized spacial score (nSPS) is 15.7. The monoisotopic (exact) mass is 481 g/mol. The molecule has 4 aromatic rings. The van der Waals surface area contributed by atoms with E-state index in [1.807, 2.05) is 62.4 Å². The van der Waals surface area contributed by atoms with Gasteiger partial charge in [-0.2, -0.15) is 0 Å². The van der Waals surface area contributed by atoms with Crippen LogP contribution in [-0.4, -0.2) is 26.8 Å². The van der Waals surface area contributed by atoms with Crippen molar-refractivity contribution in [1.29, 1.82) is 0 Å². The van der Waals surface area contributed by atoms with E-state index < -0.39 is 23.5 Å². The Balaban J connectivity index is 1.65. The molecule has 2 aromatic heterocycles. The summed E-state index contributed by atoms with van der Waals surface area (Å²) in [5, 5.41) is 11.8. The lowest BCUT2D eigenvalue weighted by atomic mass is 9.97. The summed E-state index contributed by atoms with van der Waals surface area (Å²) in [5.74, 6) is -1.60. The van der Waals surface area contributed by atoms with Gasteiger partial charge in [0.2, 0.25) is 5.78 Å². The van der Waals surface area contributed by atoms with Gasteiger partial charge < -0.3 is 5.11 Å². The fraction of sp³-hybridized carbons (Fsp3) is 0.143. The highest BCUT2D eigenvalue weighted by atomic mass is 32.1. The molecule has 1 aliphatic rings. The topological polar surface area (TPSA) is 83.4 Å². The fourth-order valence-corrected chi connectivity index (χ4v) is 5.34. The zero-order valence-corrected chi connectivity index (χ0v) is 20.3. The number of Topliss-reactive ketones (excluding diaryl/α,β-unsaturated/α-hetero) is 1. The number of hydrogen-bond donors (Lipinski definition) is 1. The average molecular weight is 482 g/mol. The lowest BCUT2D eigenvalue weighted by Crippen LogP contribution is -2.32. The van der Waals surface area contributed by atoms with Crippen LogP contribution in [-0.2, 0) is 4.79 Å². The second-order valence-corrected chi connectivity index (χ2v) is 9.51. The van der Waals surface area contributed by atoms with E-state index in [0.717, 1.165) is 16.7 Å². The van der Waals surface area contributed by atoms with E-state index in [2.05, 4.69) is 9.97 Å². The van der Waals surface area contributed by atoms with Crippen LogP contribution in [0.15, 0.2) is 84.3 Å². The zero-order valence-electron chi connectivity index (χ0n) is 19.5. The number of carbonyl (C=O) groups is 2. The summed E-state index contributed by atoms with van der Waals surface area (Å²) < 4.78 is 0.